The van der Waals surface area contributed by atoms with Gasteiger partial charge in [-0.3, -0.25) is 14.5 Å². The maximum atomic E-state index is 12.7. The molecule has 1 fully saturated rings. The summed E-state index contributed by atoms with van der Waals surface area (Å²) in [5.41, 5.74) is 3.38. The van der Waals surface area contributed by atoms with Crippen molar-refractivity contribution >= 4 is 40.6 Å². The third kappa shape index (κ3) is 3.43. The number of hydrogen-bond acceptors (Lipinski definition) is 6. The molecule has 2 aliphatic heterocycles. The lowest BCUT2D eigenvalue weighted by molar-refractivity contribution is -0.148. The summed E-state index contributed by atoms with van der Waals surface area (Å²) in [6.07, 6.45) is 2.76. The van der Waals surface area contributed by atoms with E-state index in [9.17, 15) is 14.4 Å². The molecular formula is C21H26N2O4S. The second-order valence-electron chi connectivity index (χ2n) is 8.05. The van der Waals surface area contributed by atoms with E-state index in [1.807, 2.05) is 6.07 Å². The zero-order valence-electron chi connectivity index (χ0n) is 17.1. The molecule has 0 saturated carbocycles. The molecule has 2 heterocycles. The lowest BCUT2D eigenvalue weighted by Gasteiger charge is -2.45. The molecule has 28 heavy (non-hydrogen) atoms. The number of benzene rings is 1. The molecule has 150 valence electrons. The van der Waals surface area contributed by atoms with Gasteiger partial charge in [0, 0.05) is 18.3 Å². The molecule has 0 unspecified atom stereocenters. The number of anilines is 1. The SMILES string of the molecule is COC(=O)[C@@H](C)N1C(=O)S/C(=C/c2ccc3c(c2)[C@@H](C)CC(C)(C)N3C)C1=O. The average molecular weight is 403 g/mol. The molecule has 2 aliphatic rings. The van der Waals surface area contributed by atoms with E-state index in [1.165, 1.54) is 25.3 Å². The molecule has 2 amide bonds. The molecule has 7 heteroatoms. The fraction of sp³-hybridized carbons (Fsp3) is 0.476. The van der Waals surface area contributed by atoms with Crippen LogP contribution in [0.2, 0.25) is 0 Å². The number of methoxy groups -OCH3 is 1. The summed E-state index contributed by atoms with van der Waals surface area (Å²) in [5, 5.41) is -0.457. The molecule has 0 bridgehead atoms. The molecule has 0 aliphatic carbocycles. The minimum atomic E-state index is -0.942. The molecule has 1 aromatic carbocycles. The van der Waals surface area contributed by atoms with Gasteiger partial charge in [-0.15, -0.1) is 0 Å². The standard InChI is InChI=1S/C21H26N2O4S/c1-12-11-21(3,4)22(5)16-8-7-14(9-15(12)16)10-17-18(24)23(20(26)28-17)13(2)19(25)27-6/h7-10,12-13H,11H2,1-6H3/b17-10+/t12-,13+/m0/s1. The van der Waals surface area contributed by atoms with E-state index >= 15 is 0 Å². The fourth-order valence-corrected chi connectivity index (χ4v) is 4.83. The summed E-state index contributed by atoms with van der Waals surface area (Å²) < 4.78 is 4.66. The number of hydrogen-bond donors (Lipinski definition) is 0. The Balaban J connectivity index is 1.91. The molecule has 0 aromatic heterocycles. The van der Waals surface area contributed by atoms with Crippen molar-refractivity contribution in [3.63, 3.8) is 0 Å². The quantitative estimate of drug-likeness (QED) is 0.562. The van der Waals surface area contributed by atoms with Crippen molar-refractivity contribution in [3.05, 3.63) is 34.2 Å². The van der Waals surface area contributed by atoms with Gasteiger partial charge in [0.25, 0.3) is 11.1 Å². The van der Waals surface area contributed by atoms with Crippen molar-refractivity contribution in [2.24, 2.45) is 0 Å². The number of fused-ring (bicyclic) bond motifs is 1. The topological polar surface area (TPSA) is 66.9 Å². The van der Waals surface area contributed by atoms with E-state index in [4.69, 9.17) is 0 Å². The minimum Gasteiger partial charge on any atom is -0.467 e. The van der Waals surface area contributed by atoms with Crippen LogP contribution in [0.1, 0.15) is 51.2 Å². The summed E-state index contributed by atoms with van der Waals surface area (Å²) in [7, 11) is 3.34. The predicted octanol–water partition coefficient (Wildman–Crippen LogP) is 4.01. The molecule has 0 spiro atoms. The molecule has 0 radical (unpaired) electrons. The fourth-order valence-electron chi connectivity index (χ4n) is 3.93. The first-order chi connectivity index (χ1) is 13.1. The van der Waals surface area contributed by atoms with Gasteiger partial charge in [0.1, 0.15) is 6.04 Å². The molecular weight excluding hydrogens is 376 g/mol. The summed E-state index contributed by atoms with van der Waals surface area (Å²) in [4.78, 5) is 40.2. The second-order valence-corrected chi connectivity index (χ2v) is 9.04. The third-order valence-electron chi connectivity index (χ3n) is 5.71. The summed E-state index contributed by atoms with van der Waals surface area (Å²) in [5.74, 6) is -0.683. The van der Waals surface area contributed by atoms with Crippen LogP contribution in [0, 0.1) is 0 Å². The van der Waals surface area contributed by atoms with E-state index in [1.54, 1.807) is 6.08 Å². The van der Waals surface area contributed by atoms with Gasteiger partial charge >= 0.3 is 5.97 Å². The second kappa shape index (κ2) is 7.28. The Morgan fingerprint density at radius 1 is 1.36 bits per heavy atom. The molecule has 3 rings (SSSR count). The molecule has 0 N–H and O–H groups in total. The van der Waals surface area contributed by atoms with Gasteiger partial charge in [-0.1, -0.05) is 13.0 Å². The first kappa shape index (κ1) is 20.5. The van der Waals surface area contributed by atoms with Crippen LogP contribution in [0.25, 0.3) is 6.08 Å². The maximum Gasteiger partial charge on any atom is 0.328 e. The number of esters is 1. The van der Waals surface area contributed by atoms with Crippen molar-refractivity contribution in [1.82, 2.24) is 4.90 Å². The van der Waals surface area contributed by atoms with Gasteiger partial charge in [-0.05, 0) is 74.2 Å². The van der Waals surface area contributed by atoms with Crippen molar-refractivity contribution < 1.29 is 19.1 Å². The van der Waals surface area contributed by atoms with E-state index in [0.29, 0.717) is 10.8 Å². The minimum absolute atomic E-state index is 0.0839. The lowest BCUT2D eigenvalue weighted by Crippen LogP contribution is -2.45. The number of imide groups is 1. The van der Waals surface area contributed by atoms with Crippen LogP contribution in [0.5, 0.6) is 0 Å². The Kier molecular flexibility index (Phi) is 5.32. The highest BCUT2D eigenvalue weighted by Crippen LogP contribution is 2.43. The number of nitrogens with zero attached hydrogens (tertiary/aromatic N) is 2. The molecule has 2 atom stereocenters. The van der Waals surface area contributed by atoms with Crippen molar-refractivity contribution in [1.29, 1.82) is 0 Å². The van der Waals surface area contributed by atoms with Gasteiger partial charge in [-0.25, -0.2) is 4.79 Å². The van der Waals surface area contributed by atoms with Crippen LogP contribution in [-0.2, 0) is 14.3 Å². The van der Waals surface area contributed by atoms with E-state index in [-0.39, 0.29) is 5.54 Å². The van der Waals surface area contributed by atoms with Gasteiger partial charge in [0.15, 0.2) is 0 Å². The highest BCUT2D eigenvalue weighted by Gasteiger charge is 2.41. The first-order valence-electron chi connectivity index (χ1n) is 9.29. The molecule has 6 nitrogen and oxygen atoms in total. The number of carbonyl (C=O) groups excluding carboxylic acids is 3. The highest BCUT2D eigenvalue weighted by atomic mass is 32.2. The lowest BCUT2D eigenvalue weighted by atomic mass is 9.80. The number of rotatable bonds is 3. The first-order valence-corrected chi connectivity index (χ1v) is 10.1. The van der Waals surface area contributed by atoms with E-state index in [0.717, 1.165) is 28.6 Å². The Hall–Kier alpha value is -2.28. The number of amides is 2. The largest absolute Gasteiger partial charge is 0.467 e. The van der Waals surface area contributed by atoms with Crippen LogP contribution in [0.15, 0.2) is 23.1 Å². The Bertz CT molecular complexity index is 877. The Morgan fingerprint density at radius 2 is 2.04 bits per heavy atom. The monoisotopic (exact) mass is 402 g/mol. The number of carbonyl (C=O) groups is 3. The number of ether oxygens (including phenoxy) is 1. The Morgan fingerprint density at radius 3 is 2.68 bits per heavy atom. The van der Waals surface area contributed by atoms with Crippen LogP contribution >= 0.6 is 11.8 Å². The zero-order valence-corrected chi connectivity index (χ0v) is 17.9. The van der Waals surface area contributed by atoms with E-state index < -0.39 is 23.2 Å². The average Bonchev–Trinajstić information content (AvgIpc) is 2.91. The van der Waals surface area contributed by atoms with Gasteiger partial charge < -0.3 is 9.64 Å². The Labute approximate surface area is 169 Å². The van der Waals surface area contributed by atoms with Gasteiger partial charge in [-0.2, -0.15) is 0 Å². The highest BCUT2D eigenvalue weighted by molar-refractivity contribution is 8.18. The van der Waals surface area contributed by atoms with Crippen molar-refractivity contribution in [3.8, 4) is 0 Å². The molecule has 1 aromatic rings. The zero-order chi connectivity index (χ0) is 20.8. The van der Waals surface area contributed by atoms with Gasteiger partial charge in [0.05, 0.1) is 12.0 Å². The third-order valence-corrected chi connectivity index (χ3v) is 6.59. The number of thioether (sulfide) groups is 1. The normalized spacial score (nSPS) is 23.8. The van der Waals surface area contributed by atoms with Crippen LogP contribution < -0.4 is 4.90 Å². The van der Waals surface area contributed by atoms with Crippen molar-refractivity contribution in [2.45, 2.75) is 51.6 Å². The van der Waals surface area contributed by atoms with Gasteiger partial charge in [0.2, 0.25) is 0 Å². The molecule has 1 saturated heterocycles. The summed E-state index contributed by atoms with van der Waals surface area (Å²) in [6, 6.07) is 5.17. The van der Waals surface area contributed by atoms with Crippen molar-refractivity contribution in [2.75, 3.05) is 19.1 Å². The summed E-state index contributed by atoms with van der Waals surface area (Å²) >= 11 is 0.852. The van der Waals surface area contributed by atoms with Crippen LogP contribution in [-0.4, -0.2) is 47.8 Å². The van der Waals surface area contributed by atoms with Crippen LogP contribution in [0.3, 0.4) is 0 Å². The summed E-state index contributed by atoms with van der Waals surface area (Å²) in [6.45, 7) is 8.17. The maximum absolute atomic E-state index is 12.7. The van der Waals surface area contributed by atoms with Crippen LogP contribution in [0.4, 0.5) is 10.5 Å². The predicted molar refractivity (Wildman–Crippen MR) is 111 cm³/mol. The smallest absolute Gasteiger partial charge is 0.328 e. The van der Waals surface area contributed by atoms with E-state index in [2.05, 4.69) is 49.6 Å².